The van der Waals surface area contributed by atoms with Crippen LogP contribution in [0.25, 0.3) is 0 Å². The molecule has 0 atom stereocenters. The van der Waals surface area contributed by atoms with Crippen molar-refractivity contribution in [2.75, 3.05) is 26.6 Å². The summed E-state index contributed by atoms with van der Waals surface area (Å²) in [6.07, 6.45) is -0.743. The summed E-state index contributed by atoms with van der Waals surface area (Å²) in [6, 6.07) is 2.76. The van der Waals surface area contributed by atoms with Crippen molar-refractivity contribution in [3.8, 4) is 11.5 Å². The number of halogens is 1. The maximum Gasteiger partial charge on any atom is 0.416 e. The van der Waals surface area contributed by atoms with Crippen molar-refractivity contribution < 1.29 is 33.3 Å². The fraction of sp³-hybridized carbons (Fsp3) is 0.308. The number of cyclic esters (lactones) is 1. The molecule has 0 aromatic heterocycles. The van der Waals surface area contributed by atoms with Gasteiger partial charge >= 0.3 is 12.1 Å². The van der Waals surface area contributed by atoms with Crippen molar-refractivity contribution >= 4 is 29.6 Å². The van der Waals surface area contributed by atoms with E-state index >= 15 is 0 Å². The number of imide groups is 1. The molecule has 2 heterocycles. The van der Waals surface area contributed by atoms with Gasteiger partial charge in [0.15, 0.2) is 18.1 Å². The molecule has 0 N–H and O–H groups in total. The average Bonchev–Trinajstić information content (AvgIpc) is 3.13. The van der Waals surface area contributed by atoms with Crippen LogP contribution >= 0.6 is 11.6 Å². The second kappa shape index (κ2) is 5.72. The Bertz CT molecular complexity index is 660. The van der Waals surface area contributed by atoms with Gasteiger partial charge in [-0.15, -0.1) is 0 Å². The Morgan fingerprint density at radius 2 is 2.09 bits per heavy atom. The van der Waals surface area contributed by atoms with E-state index < -0.39 is 24.6 Å². The molecule has 2 amide bonds. The van der Waals surface area contributed by atoms with E-state index in [-0.39, 0.29) is 30.5 Å². The lowest BCUT2D eigenvalue weighted by Gasteiger charge is -2.11. The first kappa shape index (κ1) is 14.5. The summed E-state index contributed by atoms with van der Waals surface area (Å²) in [7, 11) is 0. The molecule has 1 fully saturated rings. The first-order chi connectivity index (χ1) is 10.6. The monoisotopic (exact) mass is 327 g/mol. The van der Waals surface area contributed by atoms with Crippen molar-refractivity contribution in [1.29, 1.82) is 0 Å². The first-order valence-corrected chi connectivity index (χ1v) is 6.67. The molecule has 0 radical (unpaired) electrons. The van der Waals surface area contributed by atoms with E-state index in [1.165, 1.54) is 12.1 Å². The summed E-state index contributed by atoms with van der Waals surface area (Å²) >= 11 is 5.96. The van der Waals surface area contributed by atoms with Crippen molar-refractivity contribution in [2.24, 2.45) is 0 Å². The van der Waals surface area contributed by atoms with Gasteiger partial charge in [0.05, 0.1) is 17.1 Å². The largest absolute Gasteiger partial charge is 0.454 e. The minimum atomic E-state index is -0.763. The summed E-state index contributed by atoms with van der Waals surface area (Å²) in [4.78, 5) is 35.7. The Balaban J connectivity index is 1.64. The van der Waals surface area contributed by atoms with Crippen LogP contribution in [0.15, 0.2) is 12.1 Å². The Labute approximate surface area is 129 Å². The molecule has 9 heteroatoms. The maximum absolute atomic E-state index is 11.9. The van der Waals surface area contributed by atoms with E-state index in [2.05, 4.69) is 4.74 Å². The Morgan fingerprint density at radius 3 is 2.82 bits per heavy atom. The Morgan fingerprint density at radius 1 is 1.27 bits per heavy atom. The SMILES string of the molecule is O=C(OCC(=O)N1CCOC1=O)c1cc(Cl)c2c(c1)OCO2. The maximum atomic E-state index is 11.9. The van der Waals surface area contributed by atoms with Crippen molar-refractivity contribution in [3.05, 3.63) is 22.7 Å². The van der Waals surface area contributed by atoms with Gasteiger partial charge in [0.1, 0.15) is 6.61 Å². The van der Waals surface area contributed by atoms with Gasteiger partial charge in [-0.3, -0.25) is 4.79 Å². The smallest absolute Gasteiger partial charge is 0.416 e. The number of ether oxygens (including phenoxy) is 4. The highest BCUT2D eigenvalue weighted by atomic mass is 35.5. The second-order valence-electron chi connectivity index (χ2n) is 4.43. The van der Waals surface area contributed by atoms with E-state index in [1.807, 2.05) is 0 Å². The summed E-state index contributed by atoms with van der Waals surface area (Å²) in [5, 5.41) is 0.205. The van der Waals surface area contributed by atoms with E-state index in [0.717, 1.165) is 4.90 Å². The molecule has 2 aliphatic heterocycles. The molecule has 1 aromatic carbocycles. The summed E-state index contributed by atoms with van der Waals surface area (Å²) < 4.78 is 19.8. The van der Waals surface area contributed by atoms with Crippen LogP contribution in [0.2, 0.25) is 5.02 Å². The predicted molar refractivity (Wildman–Crippen MR) is 70.9 cm³/mol. The Hall–Kier alpha value is -2.48. The quantitative estimate of drug-likeness (QED) is 0.770. The molecule has 0 aliphatic carbocycles. The Kier molecular flexibility index (Phi) is 3.76. The summed E-state index contributed by atoms with van der Waals surface area (Å²) in [6.45, 7) is -0.273. The third-order valence-corrected chi connectivity index (χ3v) is 3.33. The number of hydrogen-bond acceptors (Lipinski definition) is 7. The van der Waals surface area contributed by atoms with Crippen molar-refractivity contribution in [2.45, 2.75) is 0 Å². The standard InChI is InChI=1S/C13H10ClNO7/c14-8-3-7(4-9-11(8)22-6-21-9)12(17)20-5-10(16)15-1-2-19-13(15)18/h3-4H,1-2,5-6H2. The lowest BCUT2D eigenvalue weighted by Crippen LogP contribution is -2.35. The molecule has 8 nitrogen and oxygen atoms in total. The number of rotatable bonds is 3. The number of carbonyl (C=O) groups excluding carboxylic acids is 3. The molecular weight excluding hydrogens is 318 g/mol. The van der Waals surface area contributed by atoms with E-state index in [1.54, 1.807) is 0 Å². The van der Waals surface area contributed by atoms with E-state index in [4.69, 9.17) is 25.8 Å². The number of nitrogens with zero attached hydrogens (tertiary/aromatic N) is 1. The highest BCUT2D eigenvalue weighted by molar-refractivity contribution is 6.32. The molecule has 0 bridgehead atoms. The molecule has 0 spiro atoms. The number of carbonyl (C=O) groups is 3. The molecule has 2 aliphatic rings. The van der Waals surface area contributed by atoms with Gasteiger partial charge in [-0.1, -0.05) is 11.6 Å². The zero-order valence-corrected chi connectivity index (χ0v) is 11.9. The van der Waals surface area contributed by atoms with Crippen LogP contribution in [0.1, 0.15) is 10.4 Å². The number of hydrogen-bond donors (Lipinski definition) is 0. The normalized spacial score (nSPS) is 15.7. The summed E-state index contributed by atoms with van der Waals surface area (Å²) in [5.74, 6) is -0.730. The number of esters is 1. The third-order valence-electron chi connectivity index (χ3n) is 3.05. The van der Waals surface area contributed by atoms with Crippen LogP contribution < -0.4 is 9.47 Å². The molecule has 3 rings (SSSR count). The van der Waals surface area contributed by atoms with Crippen LogP contribution in [0, 0.1) is 0 Å². The fourth-order valence-electron chi connectivity index (χ4n) is 1.99. The van der Waals surface area contributed by atoms with Crippen LogP contribution in [0.3, 0.4) is 0 Å². The number of fused-ring (bicyclic) bond motifs is 1. The second-order valence-corrected chi connectivity index (χ2v) is 4.83. The molecule has 1 aromatic rings. The highest BCUT2D eigenvalue weighted by Gasteiger charge is 2.29. The molecular formula is C13H10ClNO7. The third kappa shape index (κ3) is 2.64. The topological polar surface area (TPSA) is 91.4 Å². The fourth-order valence-corrected chi connectivity index (χ4v) is 2.26. The van der Waals surface area contributed by atoms with Gasteiger partial charge in [-0.05, 0) is 12.1 Å². The molecule has 0 saturated carbocycles. The van der Waals surface area contributed by atoms with Gasteiger partial charge in [0, 0.05) is 0 Å². The van der Waals surface area contributed by atoms with E-state index in [0.29, 0.717) is 11.5 Å². The lowest BCUT2D eigenvalue weighted by atomic mass is 10.2. The van der Waals surface area contributed by atoms with Gasteiger partial charge in [0.2, 0.25) is 6.79 Å². The van der Waals surface area contributed by atoms with Gasteiger partial charge < -0.3 is 18.9 Å². The molecule has 0 unspecified atom stereocenters. The minimum absolute atomic E-state index is 0.0170. The minimum Gasteiger partial charge on any atom is -0.454 e. The van der Waals surface area contributed by atoms with Crippen molar-refractivity contribution in [3.63, 3.8) is 0 Å². The zero-order chi connectivity index (χ0) is 15.7. The first-order valence-electron chi connectivity index (χ1n) is 6.29. The average molecular weight is 328 g/mol. The van der Waals surface area contributed by atoms with Crippen LogP contribution in [0.5, 0.6) is 11.5 Å². The molecule has 22 heavy (non-hydrogen) atoms. The van der Waals surface area contributed by atoms with Crippen LogP contribution in [-0.4, -0.2) is 49.4 Å². The predicted octanol–water partition coefficient (Wildman–Crippen LogP) is 1.20. The van der Waals surface area contributed by atoms with E-state index in [9.17, 15) is 14.4 Å². The van der Waals surface area contributed by atoms with Gasteiger partial charge in [0.25, 0.3) is 5.91 Å². The summed E-state index contributed by atoms with van der Waals surface area (Å²) in [5.41, 5.74) is 0.117. The molecule has 116 valence electrons. The lowest BCUT2D eigenvalue weighted by molar-refractivity contribution is -0.131. The zero-order valence-electron chi connectivity index (χ0n) is 11.2. The number of benzene rings is 1. The van der Waals surface area contributed by atoms with Crippen molar-refractivity contribution in [1.82, 2.24) is 4.90 Å². The van der Waals surface area contributed by atoms with Gasteiger partial charge in [-0.25, -0.2) is 14.5 Å². The van der Waals surface area contributed by atoms with Gasteiger partial charge in [-0.2, -0.15) is 0 Å². The van der Waals surface area contributed by atoms with Crippen LogP contribution in [0.4, 0.5) is 4.79 Å². The molecule has 1 saturated heterocycles. The van der Waals surface area contributed by atoms with Crippen LogP contribution in [-0.2, 0) is 14.3 Å². The number of amides is 2. The highest BCUT2D eigenvalue weighted by Crippen LogP contribution is 2.39.